The minimum atomic E-state index is -5.28. The van der Waals surface area contributed by atoms with E-state index in [-0.39, 0.29) is 33.0 Å². The Morgan fingerprint density at radius 3 is 2.67 bits per heavy atom. The number of thiophene rings is 1. The molecular weight excluding hydrogens is 479 g/mol. The third kappa shape index (κ3) is 4.94. The number of nitrogens with zero attached hydrogens (tertiary/aromatic N) is 1. The summed E-state index contributed by atoms with van der Waals surface area (Å²) in [6.45, 7) is 2.98. The summed E-state index contributed by atoms with van der Waals surface area (Å²) in [5.74, 6) is -2.70. The van der Waals surface area contributed by atoms with Gasteiger partial charge < -0.3 is 15.4 Å². The van der Waals surface area contributed by atoms with E-state index < -0.39 is 23.7 Å². The number of amides is 1. The standard InChI is InChI=1S/C22H21ClF3N3O3S/c1-3-32-20(31)21(22(24,25)26,28-18(30)13-5-4-6-14(23)10-13)29-19-16-9-12(2)7-8-15(16)17(11-27)33-19/h4-6,10,12,29H,3,7-9H2,1-2H3,(H,28,30). The van der Waals surface area contributed by atoms with Crippen LogP contribution in [0.15, 0.2) is 24.3 Å². The summed E-state index contributed by atoms with van der Waals surface area (Å²) >= 11 is 6.69. The monoisotopic (exact) mass is 499 g/mol. The molecule has 1 amide bonds. The number of hydrogen-bond donors (Lipinski definition) is 2. The van der Waals surface area contributed by atoms with E-state index in [2.05, 4.69) is 5.32 Å². The van der Waals surface area contributed by atoms with Crippen LogP contribution in [0.1, 0.15) is 46.6 Å². The van der Waals surface area contributed by atoms with Crippen molar-refractivity contribution in [1.29, 1.82) is 5.26 Å². The van der Waals surface area contributed by atoms with Gasteiger partial charge in [-0.2, -0.15) is 18.4 Å². The fourth-order valence-corrected chi connectivity index (χ4v) is 5.01. The molecule has 2 N–H and O–H groups in total. The molecule has 176 valence electrons. The molecule has 1 aromatic heterocycles. The van der Waals surface area contributed by atoms with Crippen LogP contribution >= 0.6 is 22.9 Å². The number of halogens is 4. The minimum Gasteiger partial charge on any atom is -0.463 e. The maximum atomic E-state index is 14.5. The molecule has 0 radical (unpaired) electrons. The zero-order chi connectivity index (χ0) is 24.4. The topological polar surface area (TPSA) is 91.2 Å². The van der Waals surface area contributed by atoms with Gasteiger partial charge >= 0.3 is 17.8 Å². The highest BCUT2D eigenvalue weighted by atomic mass is 35.5. The Morgan fingerprint density at radius 2 is 2.06 bits per heavy atom. The third-order valence-corrected chi connectivity index (χ3v) is 6.68. The van der Waals surface area contributed by atoms with Crippen molar-refractivity contribution < 1.29 is 27.5 Å². The molecular formula is C22H21ClF3N3O3S. The highest BCUT2D eigenvalue weighted by Gasteiger charge is 2.64. The van der Waals surface area contributed by atoms with Gasteiger partial charge in [-0.3, -0.25) is 4.79 Å². The molecule has 0 fully saturated rings. The summed E-state index contributed by atoms with van der Waals surface area (Å²) in [5.41, 5.74) is -2.52. The highest BCUT2D eigenvalue weighted by molar-refractivity contribution is 7.17. The summed E-state index contributed by atoms with van der Waals surface area (Å²) in [6, 6.07) is 7.34. The van der Waals surface area contributed by atoms with Crippen LogP contribution in [0.5, 0.6) is 0 Å². The number of nitrogens with one attached hydrogen (secondary N) is 2. The number of carbonyl (C=O) groups is 2. The van der Waals surface area contributed by atoms with Crippen molar-refractivity contribution in [2.45, 2.75) is 44.9 Å². The number of rotatable bonds is 6. The zero-order valence-electron chi connectivity index (χ0n) is 17.8. The zero-order valence-corrected chi connectivity index (χ0v) is 19.4. The first kappa shape index (κ1) is 24.9. The fraction of sp³-hybridized carbons (Fsp3) is 0.409. The van der Waals surface area contributed by atoms with Gasteiger partial charge in [0.15, 0.2) is 0 Å². The van der Waals surface area contributed by atoms with Gasteiger partial charge in [-0.25, -0.2) is 4.79 Å². The van der Waals surface area contributed by atoms with E-state index in [0.29, 0.717) is 24.0 Å². The van der Waals surface area contributed by atoms with Gasteiger partial charge in [0.2, 0.25) is 0 Å². The molecule has 2 atom stereocenters. The molecule has 2 unspecified atom stereocenters. The number of ether oxygens (including phenoxy) is 1. The lowest BCUT2D eigenvalue weighted by atomic mass is 9.86. The number of alkyl halides is 3. The quantitative estimate of drug-likeness (QED) is 0.428. The van der Waals surface area contributed by atoms with Crippen molar-refractivity contribution >= 4 is 39.8 Å². The molecule has 1 aliphatic rings. The first-order valence-electron chi connectivity index (χ1n) is 10.2. The lowest BCUT2D eigenvalue weighted by Crippen LogP contribution is -2.69. The molecule has 1 aromatic carbocycles. The van der Waals surface area contributed by atoms with Gasteiger partial charge in [0, 0.05) is 10.6 Å². The van der Waals surface area contributed by atoms with E-state index in [0.717, 1.165) is 17.8 Å². The molecule has 33 heavy (non-hydrogen) atoms. The number of benzene rings is 1. The average molecular weight is 500 g/mol. The van der Waals surface area contributed by atoms with Crippen LogP contribution in [0.3, 0.4) is 0 Å². The number of anilines is 1. The van der Waals surface area contributed by atoms with Crippen LogP contribution in [-0.2, 0) is 22.4 Å². The number of fused-ring (bicyclic) bond motifs is 1. The molecule has 1 heterocycles. The Kier molecular flexibility index (Phi) is 7.24. The Hall–Kier alpha value is -2.77. The second kappa shape index (κ2) is 9.61. The van der Waals surface area contributed by atoms with Crippen molar-refractivity contribution in [2.24, 2.45) is 5.92 Å². The summed E-state index contributed by atoms with van der Waals surface area (Å²) in [7, 11) is 0. The molecule has 6 nitrogen and oxygen atoms in total. The Labute approximate surface area is 197 Å². The largest absolute Gasteiger partial charge is 0.463 e. The van der Waals surface area contributed by atoms with Gasteiger partial charge in [-0.05, 0) is 61.4 Å². The Bertz CT molecular complexity index is 1110. The number of hydrogen-bond acceptors (Lipinski definition) is 6. The Morgan fingerprint density at radius 1 is 1.33 bits per heavy atom. The minimum absolute atomic E-state index is 0.00451. The lowest BCUT2D eigenvalue weighted by Gasteiger charge is -2.35. The van der Waals surface area contributed by atoms with E-state index in [1.54, 1.807) is 0 Å². The summed E-state index contributed by atoms with van der Waals surface area (Å²) in [6.07, 6.45) is -3.50. The summed E-state index contributed by atoms with van der Waals surface area (Å²) in [5, 5.41) is 13.7. The van der Waals surface area contributed by atoms with Crippen LogP contribution in [0.4, 0.5) is 18.2 Å². The van der Waals surface area contributed by atoms with Gasteiger partial charge in [-0.15, -0.1) is 11.3 Å². The van der Waals surface area contributed by atoms with Gasteiger partial charge in [0.05, 0.1) is 11.6 Å². The first-order valence-corrected chi connectivity index (χ1v) is 11.4. The second-order valence-corrected chi connectivity index (χ2v) is 9.19. The summed E-state index contributed by atoms with van der Waals surface area (Å²) < 4.78 is 48.3. The van der Waals surface area contributed by atoms with Crippen molar-refractivity contribution in [3.05, 3.63) is 50.9 Å². The van der Waals surface area contributed by atoms with Crippen molar-refractivity contribution in [3.8, 4) is 6.07 Å². The molecule has 0 saturated heterocycles. The van der Waals surface area contributed by atoms with Crippen LogP contribution in [0.2, 0.25) is 5.02 Å². The number of esters is 1. The van der Waals surface area contributed by atoms with E-state index in [1.165, 1.54) is 31.2 Å². The number of carbonyl (C=O) groups excluding carboxylic acids is 2. The lowest BCUT2D eigenvalue weighted by molar-refractivity contribution is -0.204. The smallest absolute Gasteiger partial charge is 0.441 e. The third-order valence-electron chi connectivity index (χ3n) is 5.35. The normalized spacial score (nSPS) is 17.3. The van der Waals surface area contributed by atoms with Crippen LogP contribution in [-0.4, -0.2) is 30.3 Å². The summed E-state index contributed by atoms with van der Waals surface area (Å²) in [4.78, 5) is 25.8. The SMILES string of the molecule is CCOC(=O)C(NC(=O)c1cccc(Cl)c1)(Nc1sc(C#N)c2c1CC(C)CC2)C(F)(F)F. The van der Waals surface area contributed by atoms with Crippen molar-refractivity contribution in [2.75, 3.05) is 11.9 Å². The molecule has 1 aliphatic carbocycles. The van der Waals surface area contributed by atoms with Gasteiger partial charge in [0.1, 0.15) is 10.9 Å². The molecule has 2 aromatic rings. The predicted molar refractivity (Wildman–Crippen MR) is 118 cm³/mol. The maximum absolute atomic E-state index is 14.5. The van der Waals surface area contributed by atoms with Crippen LogP contribution < -0.4 is 10.6 Å². The predicted octanol–water partition coefficient (Wildman–Crippen LogP) is 5.06. The second-order valence-electron chi connectivity index (χ2n) is 7.73. The molecule has 0 spiro atoms. The van der Waals surface area contributed by atoms with Crippen molar-refractivity contribution in [3.63, 3.8) is 0 Å². The van der Waals surface area contributed by atoms with Crippen LogP contribution in [0, 0.1) is 17.2 Å². The molecule has 3 rings (SSSR count). The van der Waals surface area contributed by atoms with E-state index in [1.807, 2.05) is 18.3 Å². The van der Waals surface area contributed by atoms with E-state index in [9.17, 15) is 28.0 Å². The van der Waals surface area contributed by atoms with E-state index in [4.69, 9.17) is 16.3 Å². The molecule has 0 aliphatic heterocycles. The highest BCUT2D eigenvalue weighted by Crippen LogP contribution is 2.43. The van der Waals surface area contributed by atoms with Gasteiger partial charge in [-0.1, -0.05) is 24.6 Å². The van der Waals surface area contributed by atoms with Gasteiger partial charge in [0.25, 0.3) is 5.91 Å². The van der Waals surface area contributed by atoms with E-state index >= 15 is 0 Å². The maximum Gasteiger partial charge on any atom is 0.441 e. The molecule has 11 heteroatoms. The van der Waals surface area contributed by atoms with Crippen molar-refractivity contribution in [1.82, 2.24) is 5.32 Å². The number of nitriles is 1. The average Bonchev–Trinajstić information content (AvgIpc) is 3.09. The fourth-order valence-electron chi connectivity index (χ4n) is 3.68. The van der Waals surface area contributed by atoms with Crippen LogP contribution in [0.25, 0.3) is 0 Å². The molecule has 0 bridgehead atoms. The molecule has 0 saturated carbocycles. The first-order chi connectivity index (χ1) is 15.5. The Balaban J connectivity index is 2.11.